The van der Waals surface area contributed by atoms with Gasteiger partial charge in [-0.1, -0.05) is 6.07 Å². The molecule has 0 aliphatic rings. The zero-order valence-corrected chi connectivity index (χ0v) is 9.66. The van der Waals surface area contributed by atoms with Crippen molar-refractivity contribution in [3.8, 4) is 11.8 Å². The van der Waals surface area contributed by atoms with Crippen molar-refractivity contribution in [2.24, 2.45) is 0 Å². The first kappa shape index (κ1) is 13.0. The van der Waals surface area contributed by atoms with Crippen LogP contribution >= 0.6 is 0 Å². The maximum absolute atomic E-state index is 13.4. The second-order valence-corrected chi connectivity index (χ2v) is 3.76. The van der Waals surface area contributed by atoms with Crippen molar-refractivity contribution < 1.29 is 17.9 Å². The molecule has 2 nitrogen and oxygen atoms in total. The SMILES string of the molecule is N#Cc1ccc(F)c(COc2c(F)cccc2F)c1. The highest BCUT2D eigenvalue weighted by Crippen LogP contribution is 2.22. The molecule has 0 bridgehead atoms. The standard InChI is InChI=1S/C14H8F3NO/c15-11-5-4-9(7-18)6-10(11)8-19-14-12(16)2-1-3-13(14)17/h1-6H,8H2. The van der Waals surface area contributed by atoms with Crippen molar-refractivity contribution in [3.05, 3.63) is 65.0 Å². The van der Waals surface area contributed by atoms with E-state index >= 15 is 0 Å². The van der Waals surface area contributed by atoms with Gasteiger partial charge < -0.3 is 4.74 Å². The van der Waals surface area contributed by atoms with E-state index in [1.807, 2.05) is 6.07 Å². The van der Waals surface area contributed by atoms with E-state index in [2.05, 4.69) is 0 Å². The number of hydrogen-bond acceptors (Lipinski definition) is 2. The average molecular weight is 263 g/mol. The van der Waals surface area contributed by atoms with E-state index in [1.54, 1.807) is 0 Å². The molecular formula is C14H8F3NO. The van der Waals surface area contributed by atoms with Gasteiger partial charge in [-0.05, 0) is 30.3 Å². The topological polar surface area (TPSA) is 33.0 Å². The van der Waals surface area contributed by atoms with Crippen LogP contribution in [0.25, 0.3) is 0 Å². The van der Waals surface area contributed by atoms with Crippen molar-refractivity contribution >= 4 is 0 Å². The van der Waals surface area contributed by atoms with Gasteiger partial charge in [0.05, 0.1) is 11.6 Å². The van der Waals surface area contributed by atoms with E-state index in [1.165, 1.54) is 18.2 Å². The highest BCUT2D eigenvalue weighted by molar-refractivity contribution is 5.34. The second kappa shape index (κ2) is 5.44. The first-order chi connectivity index (χ1) is 9.11. The van der Waals surface area contributed by atoms with Crippen LogP contribution in [0.15, 0.2) is 36.4 Å². The van der Waals surface area contributed by atoms with Gasteiger partial charge in [0.1, 0.15) is 12.4 Å². The summed E-state index contributed by atoms with van der Waals surface area (Å²) in [4.78, 5) is 0. The summed E-state index contributed by atoms with van der Waals surface area (Å²) >= 11 is 0. The van der Waals surface area contributed by atoms with E-state index in [4.69, 9.17) is 10.00 Å². The van der Waals surface area contributed by atoms with Gasteiger partial charge in [0.25, 0.3) is 0 Å². The number of hydrogen-bond donors (Lipinski definition) is 0. The van der Waals surface area contributed by atoms with Gasteiger partial charge in [-0.3, -0.25) is 0 Å². The predicted octanol–water partition coefficient (Wildman–Crippen LogP) is 3.55. The lowest BCUT2D eigenvalue weighted by Gasteiger charge is -2.09. The van der Waals surface area contributed by atoms with E-state index in [9.17, 15) is 13.2 Å². The molecule has 0 radical (unpaired) electrons. The van der Waals surface area contributed by atoms with Crippen molar-refractivity contribution in [1.29, 1.82) is 5.26 Å². The quantitative estimate of drug-likeness (QED) is 0.848. The second-order valence-electron chi connectivity index (χ2n) is 3.76. The highest BCUT2D eigenvalue weighted by atomic mass is 19.1. The highest BCUT2D eigenvalue weighted by Gasteiger charge is 2.11. The van der Waals surface area contributed by atoms with Gasteiger partial charge in [0.2, 0.25) is 0 Å². The first-order valence-corrected chi connectivity index (χ1v) is 5.37. The number of benzene rings is 2. The Morgan fingerprint density at radius 1 is 1.00 bits per heavy atom. The van der Waals surface area contributed by atoms with Crippen LogP contribution in [-0.4, -0.2) is 0 Å². The minimum Gasteiger partial charge on any atom is -0.483 e. The lowest BCUT2D eigenvalue weighted by Crippen LogP contribution is -2.02. The van der Waals surface area contributed by atoms with Crippen LogP contribution in [0.1, 0.15) is 11.1 Å². The molecule has 0 aliphatic carbocycles. The third kappa shape index (κ3) is 2.86. The van der Waals surface area contributed by atoms with Crippen LogP contribution < -0.4 is 4.74 Å². The summed E-state index contributed by atoms with van der Waals surface area (Å²) in [5.41, 5.74) is 0.302. The molecule has 0 atom stereocenters. The largest absolute Gasteiger partial charge is 0.483 e. The van der Waals surface area contributed by atoms with Gasteiger partial charge in [0, 0.05) is 5.56 Å². The van der Waals surface area contributed by atoms with Gasteiger partial charge in [-0.25, -0.2) is 13.2 Å². The van der Waals surface area contributed by atoms with Gasteiger partial charge in [-0.15, -0.1) is 0 Å². The first-order valence-electron chi connectivity index (χ1n) is 5.37. The molecule has 0 saturated carbocycles. The molecular weight excluding hydrogens is 255 g/mol. The molecule has 0 unspecified atom stereocenters. The number of nitriles is 1. The molecule has 0 aromatic heterocycles. The summed E-state index contributed by atoms with van der Waals surface area (Å²) in [6.45, 7) is -0.362. The van der Waals surface area contributed by atoms with Crippen LogP contribution in [0.2, 0.25) is 0 Å². The fourth-order valence-corrected chi connectivity index (χ4v) is 1.53. The lowest BCUT2D eigenvalue weighted by atomic mass is 10.1. The van der Waals surface area contributed by atoms with Crippen molar-refractivity contribution in [3.63, 3.8) is 0 Å². The van der Waals surface area contributed by atoms with Crippen LogP contribution in [0.4, 0.5) is 13.2 Å². The molecule has 0 N–H and O–H groups in total. The molecule has 0 aliphatic heterocycles. The predicted molar refractivity (Wildman–Crippen MR) is 61.8 cm³/mol. The zero-order valence-electron chi connectivity index (χ0n) is 9.66. The number of rotatable bonds is 3. The van der Waals surface area contributed by atoms with Crippen LogP contribution in [0.5, 0.6) is 5.75 Å². The Kier molecular flexibility index (Phi) is 3.71. The van der Waals surface area contributed by atoms with Crippen molar-refractivity contribution in [2.45, 2.75) is 6.61 Å². The molecule has 2 aromatic carbocycles. The Hall–Kier alpha value is -2.48. The number of para-hydroxylation sites is 1. The Bertz CT molecular complexity index is 629. The summed E-state index contributed by atoms with van der Waals surface area (Å²) < 4.78 is 44.9. The molecule has 0 amide bonds. The third-order valence-electron chi connectivity index (χ3n) is 2.47. The normalized spacial score (nSPS) is 10.0. The molecule has 2 aromatic rings. The molecule has 0 heterocycles. The molecule has 19 heavy (non-hydrogen) atoms. The van der Waals surface area contributed by atoms with E-state index in [-0.39, 0.29) is 17.7 Å². The van der Waals surface area contributed by atoms with Crippen LogP contribution in [0.3, 0.4) is 0 Å². The summed E-state index contributed by atoms with van der Waals surface area (Å²) in [5.74, 6) is -2.89. The van der Waals surface area contributed by atoms with E-state index < -0.39 is 23.2 Å². The molecule has 2 rings (SSSR count). The summed E-state index contributed by atoms with van der Waals surface area (Å²) in [6.07, 6.45) is 0. The van der Waals surface area contributed by atoms with Crippen LogP contribution in [-0.2, 0) is 6.61 Å². The van der Waals surface area contributed by atoms with Gasteiger partial charge in [-0.2, -0.15) is 5.26 Å². The summed E-state index contributed by atoms with van der Waals surface area (Å²) in [5, 5.41) is 8.69. The minimum absolute atomic E-state index is 0.0571. The fraction of sp³-hybridized carbons (Fsp3) is 0.0714. The Balaban J connectivity index is 2.22. The van der Waals surface area contributed by atoms with E-state index in [0.29, 0.717) is 0 Å². The maximum Gasteiger partial charge on any atom is 0.191 e. The maximum atomic E-state index is 13.4. The third-order valence-corrected chi connectivity index (χ3v) is 2.47. The van der Waals surface area contributed by atoms with Crippen molar-refractivity contribution in [2.75, 3.05) is 0 Å². The molecule has 0 saturated heterocycles. The van der Waals surface area contributed by atoms with E-state index in [0.717, 1.165) is 18.2 Å². The monoisotopic (exact) mass is 263 g/mol. The smallest absolute Gasteiger partial charge is 0.191 e. The number of ether oxygens (including phenoxy) is 1. The summed E-state index contributed by atoms with van der Waals surface area (Å²) in [7, 11) is 0. The van der Waals surface area contributed by atoms with Gasteiger partial charge >= 0.3 is 0 Å². The molecule has 0 fully saturated rings. The lowest BCUT2D eigenvalue weighted by molar-refractivity contribution is 0.269. The zero-order chi connectivity index (χ0) is 13.8. The Morgan fingerprint density at radius 3 is 2.32 bits per heavy atom. The Morgan fingerprint density at radius 2 is 1.68 bits per heavy atom. The van der Waals surface area contributed by atoms with Gasteiger partial charge in [0.15, 0.2) is 17.4 Å². The molecule has 96 valence electrons. The average Bonchev–Trinajstić information content (AvgIpc) is 2.40. The van der Waals surface area contributed by atoms with Crippen molar-refractivity contribution in [1.82, 2.24) is 0 Å². The number of halogens is 3. The summed E-state index contributed by atoms with van der Waals surface area (Å²) in [6, 6.07) is 8.82. The Labute approximate surface area is 107 Å². The fourth-order valence-electron chi connectivity index (χ4n) is 1.53. The molecule has 0 spiro atoms. The minimum atomic E-state index is -0.864. The number of nitrogens with zero attached hydrogens (tertiary/aromatic N) is 1. The van der Waals surface area contributed by atoms with Crippen LogP contribution in [0, 0.1) is 28.8 Å². The molecule has 5 heteroatoms.